The number of hydrogen-bond acceptors (Lipinski definition) is 6. The van der Waals surface area contributed by atoms with Gasteiger partial charge in [-0.1, -0.05) is 11.6 Å². The maximum absolute atomic E-state index is 13.9. The number of anilines is 1. The van der Waals surface area contributed by atoms with E-state index >= 15 is 0 Å². The maximum atomic E-state index is 13.9. The van der Waals surface area contributed by atoms with Crippen LogP contribution in [-0.2, 0) is 19.1 Å². The van der Waals surface area contributed by atoms with Gasteiger partial charge < -0.3 is 14.8 Å². The summed E-state index contributed by atoms with van der Waals surface area (Å²) < 4.78 is 23.0. The van der Waals surface area contributed by atoms with Crippen LogP contribution >= 0.6 is 27.5 Å². The second-order valence-electron chi connectivity index (χ2n) is 3.71. The summed E-state index contributed by atoms with van der Waals surface area (Å²) in [5, 5.41) is 11.2. The van der Waals surface area contributed by atoms with Gasteiger partial charge >= 0.3 is 11.9 Å². The van der Waals surface area contributed by atoms with Gasteiger partial charge in [-0.15, -0.1) is 0 Å². The van der Waals surface area contributed by atoms with Crippen molar-refractivity contribution in [3.8, 4) is 6.07 Å². The van der Waals surface area contributed by atoms with E-state index in [1.165, 1.54) is 6.07 Å². The Kier molecular flexibility index (Phi) is 6.34. The molecule has 9 heteroatoms. The molecule has 0 amide bonds. The van der Waals surface area contributed by atoms with E-state index in [1.54, 1.807) is 6.07 Å². The van der Waals surface area contributed by atoms with Crippen molar-refractivity contribution in [1.82, 2.24) is 0 Å². The first-order valence-electron chi connectivity index (χ1n) is 5.58. The number of carbonyl (C=O) groups is 2. The summed E-state index contributed by atoms with van der Waals surface area (Å²) in [5.41, 5.74) is -0.850. The molecule has 1 N–H and O–H groups in total. The van der Waals surface area contributed by atoms with Gasteiger partial charge in [0.15, 0.2) is 5.82 Å². The lowest BCUT2D eigenvalue weighted by Gasteiger charge is -2.13. The Morgan fingerprint density at radius 3 is 2.59 bits per heavy atom. The van der Waals surface area contributed by atoms with Gasteiger partial charge in [-0.25, -0.2) is 14.0 Å². The number of halogens is 3. The molecule has 0 aliphatic rings. The molecule has 0 fully saturated rings. The minimum Gasteiger partial charge on any atom is -0.466 e. The third kappa shape index (κ3) is 3.96. The predicted octanol–water partition coefficient (Wildman–Crippen LogP) is 2.76. The number of nitriles is 1. The molecule has 0 bridgehead atoms. The van der Waals surface area contributed by atoms with Crippen molar-refractivity contribution in [2.24, 2.45) is 0 Å². The summed E-state index contributed by atoms with van der Waals surface area (Å²) in [6.45, 7) is 0. The fraction of sp³-hybridized carbons (Fsp3) is 0.154. The summed E-state index contributed by atoms with van der Waals surface area (Å²) in [5.74, 6) is -2.70. The van der Waals surface area contributed by atoms with Crippen LogP contribution < -0.4 is 5.32 Å². The van der Waals surface area contributed by atoms with Gasteiger partial charge in [-0.05, 0) is 22.0 Å². The number of esters is 2. The van der Waals surface area contributed by atoms with Crippen LogP contribution in [0.1, 0.15) is 5.56 Å². The van der Waals surface area contributed by atoms with E-state index in [0.717, 1.165) is 20.3 Å². The van der Waals surface area contributed by atoms with E-state index in [9.17, 15) is 14.0 Å². The molecule has 0 aliphatic carbocycles. The monoisotopic (exact) mass is 390 g/mol. The van der Waals surface area contributed by atoms with E-state index in [4.69, 9.17) is 16.9 Å². The molecule has 0 unspecified atom stereocenters. The Bertz CT molecular complexity index is 700. The molecule has 0 aromatic heterocycles. The molecule has 0 spiro atoms. The SMILES string of the molecule is COC(=O)/C=C(/Nc1c(Br)cc(Cl)c(F)c1C#N)C(=O)OC. The zero-order valence-electron chi connectivity index (χ0n) is 11.4. The number of ether oxygens (including phenoxy) is 2. The highest BCUT2D eigenvalue weighted by Crippen LogP contribution is 2.34. The standard InChI is InChI=1S/C13H9BrClFN2O4/c1-21-10(19)4-9(13(20)22-2)18-12-6(5-17)11(16)8(15)3-7(12)14/h3-4,18H,1-2H3/b9-4+. The van der Waals surface area contributed by atoms with E-state index < -0.39 is 23.3 Å². The van der Waals surface area contributed by atoms with Crippen molar-refractivity contribution in [1.29, 1.82) is 5.26 Å². The summed E-state index contributed by atoms with van der Waals surface area (Å²) in [6.07, 6.45) is 0.811. The van der Waals surface area contributed by atoms with Crippen LogP contribution in [0.5, 0.6) is 0 Å². The molecule has 0 atom stereocenters. The fourth-order valence-electron chi connectivity index (χ4n) is 1.39. The summed E-state index contributed by atoms with van der Waals surface area (Å²) >= 11 is 8.73. The van der Waals surface area contributed by atoms with Crippen LogP contribution in [0.4, 0.5) is 10.1 Å². The van der Waals surface area contributed by atoms with Gasteiger partial charge in [0, 0.05) is 4.47 Å². The Morgan fingerprint density at radius 2 is 2.09 bits per heavy atom. The molecular formula is C13H9BrClFN2O4. The quantitative estimate of drug-likeness (QED) is 0.482. The Hall–Kier alpha value is -2.11. The molecule has 0 radical (unpaired) electrons. The van der Waals surface area contributed by atoms with E-state index in [1.807, 2.05) is 0 Å². The number of methoxy groups -OCH3 is 2. The van der Waals surface area contributed by atoms with Crippen LogP contribution in [0, 0.1) is 17.1 Å². The number of carbonyl (C=O) groups excluding carboxylic acids is 2. The molecular weight excluding hydrogens is 383 g/mol. The summed E-state index contributed by atoms with van der Waals surface area (Å²) in [7, 11) is 2.21. The van der Waals surface area contributed by atoms with Crippen molar-refractivity contribution < 1.29 is 23.5 Å². The smallest absolute Gasteiger partial charge is 0.354 e. The normalized spacial score (nSPS) is 10.6. The third-order valence-corrected chi connectivity index (χ3v) is 3.31. The molecule has 0 aliphatic heterocycles. The highest BCUT2D eigenvalue weighted by molar-refractivity contribution is 9.10. The number of nitrogens with one attached hydrogen (secondary N) is 1. The lowest BCUT2D eigenvalue weighted by atomic mass is 10.1. The van der Waals surface area contributed by atoms with E-state index in [-0.39, 0.29) is 20.9 Å². The topological polar surface area (TPSA) is 88.4 Å². The second-order valence-corrected chi connectivity index (χ2v) is 4.98. The molecule has 1 aromatic rings. The van der Waals surface area contributed by atoms with Gasteiger partial charge in [0.05, 0.1) is 31.0 Å². The first-order chi connectivity index (χ1) is 10.3. The predicted molar refractivity (Wildman–Crippen MR) is 79.6 cm³/mol. The number of benzene rings is 1. The summed E-state index contributed by atoms with van der Waals surface area (Å²) in [4.78, 5) is 22.9. The lowest BCUT2D eigenvalue weighted by Crippen LogP contribution is -2.16. The molecule has 0 saturated heterocycles. The first-order valence-corrected chi connectivity index (χ1v) is 6.75. The van der Waals surface area contributed by atoms with Crippen LogP contribution in [0.3, 0.4) is 0 Å². The van der Waals surface area contributed by atoms with Gasteiger partial charge in [0.25, 0.3) is 0 Å². The van der Waals surface area contributed by atoms with Gasteiger partial charge in [0.2, 0.25) is 0 Å². The molecule has 22 heavy (non-hydrogen) atoms. The molecule has 116 valence electrons. The fourth-order valence-corrected chi connectivity index (χ4v) is 2.25. The maximum Gasteiger partial charge on any atom is 0.354 e. The number of hydrogen-bond donors (Lipinski definition) is 1. The van der Waals surface area contributed by atoms with Gasteiger partial charge in [0.1, 0.15) is 17.3 Å². The van der Waals surface area contributed by atoms with Crippen molar-refractivity contribution >= 4 is 45.2 Å². The highest BCUT2D eigenvalue weighted by atomic mass is 79.9. The van der Waals surface area contributed by atoms with Gasteiger partial charge in [-0.2, -0.15) is 5.26 Å². The van der Waals surface area contributed by atoms with Crippen LogP contribution in [-0.4, -0.2) is 26.2 Å². The molecule has 1 rings (SSSR count). The average Bonchev–Trinajstić information content (AvgIpc) is 2.50. The second kappa shape index (κ2) is 7.77. The first kappa shape index (κ1) is 17.9. The minimum absolute atomic E-state index is 0.0787. The van der Waals surface area contributed by atoms with E-state index in [0.29, 0.717) is 0 Å². The van der Waals surface area contributed by atoms with Gasteiger partial charge in [-0.3, -0.25) is 0 Å². The zero-order valence-corrected chi connectivity index (χ0v) is 13.7. The Morgan fingerprint density at radius 1 is 1.45 bits per heavy atom. The Labute approximate surface area is 138 Å². The molecule has 6 nitrogen and oxygen atoms in total. The Balaban J connectivity index is 3.40. The summed E-state index contributed by atoms with van der Waals surface area (Å²) in [6, 6.07) is 2.83. The average molecular weight is 392 g/mol. The third-order valence-electron chi connectivity index (χ3n) is 2.41. The molecule has 0 saturated carbocycles. The van der Waals surface area contributed by atoms with Crippen molar-refractivity contribution in [3.63, 3.8) is 0 Å². The minimum atomic E-state index is -0.961. The number of nitrogens with zero attached hydrogens (tertiary/aromatic N) is 1. The van der Waals surface area contributed by atoms with Crippen LogP contribution in [0.25, 0.3) is 0 Å². The van der Waals surface area contributed by atoms with Crippen LogP contribution in [0.2, 0.25) is 5.02 Å². The largest absolute Gasteiger partial charge is 0.466 e. The molecule has 1 aromatic carbocycles. The number of rotatable bonds is 4. The molecule has 0 heterocycles. The van der Waals surface area contributed by atoms with E-state index in [2.05, 4.69) is 30.7 Å². The zero-order chi connectivity index (χ0) is 16.9. The highest BCUT2D eigenvalue weighted by Gasteiger charge is 2.20. The van der Waals surface area contributed by atoms with Crippen molar-refractivity contribution in [2.45, 2.75) is 0 Å². The van der Waals surface area contributed by atoms with Crippen LogP contribution in [0.15, 0.2) is 22.3 Å². The van der Waals surface area contributed by atoms with Crippen molar-refractivity contribution in [2.75, 3.05) is 19.5 Å². The van der Waals surface area contributed by atoms with Crippen molar-refractivity contribution in [3.05, 3.63) is 38.7 Å². The lowest BCUT2D eigenvalue weighted by molar-refractivity contribution is -0.138.